The molecule has 0 saturated heterocycles. The highest BCUT2D eigenvalue weighted by molar-refractivity contribution is 5.09. The molecule has 0 amide bonds. The van der Waals surface area contributed by atoms with Crippen LogP contribution in [0.5, 0.6) is 0 Å². The minimum atomic E-state index is 0.205. The molecular weight excluding hydrogens is 198 g/mol. The van der Waals surface area contributed by atoms with Crippen LogP contribution in [0.25, 0.3) is 0 Å². The second-order valence-electron chi connectivity index (χ2n) is 5.84. The van der Waals surface area contributed by atoms with Crippen molar-refractivity contribution in [3.8, 4) is 0 Å². The van der Waals surface area contributed by atoms with Crippen molar-refractivity contribution in [2.45, 2.75) is 46.6 Å². The molecule has 1 atom stereocenters. The molecule has 0 fully saturated rings. The second-order valence-corrected chi connectivity index (χ2v) is 5.84. The molecule has 0 aliphatic rings. The molecule has 16 heavy (non-hydrogen) atoms. The number of hydrogen-bond acceptors (Lipinski definition) is 2. The molecule has 0 spiro atoms. The Kier molecular flexibility index (Phi) is 4.14. The number of nitrogens with one attached hydrogen (secondary N) is 1. The molecule has 0 saturated carbocycles. The Morgan fingerprint density at radius 1 is 1.44 bits per heavy atom. The van der Waals surface area contributed by atoms with Crippen LogP contribution >= 0.6 is 0 Å². The molecule has 3 nitrogen and oxygen atoms in total. The molecule has 0 aliphatic carbocycles. The van der Waals surface area contributed by atoms with E-state index < -0.39 is 0 Å². The molecule has 92 valence electrons. The van der Waals surface area contributed by atoms with Gasteiger partial charge in [-0.25, -0.2) is 0 Å². The Morgan fingerprint density at radius 2 is 2.06 bits per heavy atom. The zero-order valence-corrected chi connectivity index (χ0v) is 11.5. The lowest BCUT2D eigenvalue weighted by Gasteiger charge is -2.23. The summed E-state index contributed by atoms with van der Waals surface area (Å²) in [5.41, 5.74) is 2.63. The van der Waals surface area contributed by atoms with Crippen molar-refractivity contribution in [1.82, 2.24) is 15.1 Å². The maximum atomic E-state index is 4.37. The first-order valence-corrected chi connectivity index (χ1v) is 6.02. The fourth-order valence-electron chi connectivity index (χ4n) is 1.76. The van der Waals surface area contributed by atoms with E-state index in [2.05, 4.69) is 44.2 Å². The molecule has 0 aliphatic heterocycles. The second kappa shape index (κ2) is 5.00. The van der Waals surface area contributed by atoms with E-state index in [4.69, 9.17) is 0 Å². The standard InChI is InChI=1S/C13H25N3/c1-10(9-14-13(3,4)5)7-12-8-11(2)15-16(12)6/h8,10,14H,7,9H2,1-6H3. The Morgan fingerprint density at radius 3 is 2.50 bits per heavy atom. The third kappa shape index (κ3) is 4.35. The largest absolute Gasteiger partial charge is 0.312 e. The Bertz CT molecular complexity index is 333. The van der Waals surface area contributed by atoms with Gasteiger partial charge in [-0.1, -0.05) is 6.92 Å². The number of aryl methyl sites for hydroxylation is 2. The molecule has 1 rings (SSSR count). The summed E-state index contributed by atoms with van der Waals surface area (Å²) in [5.74, 6) is 0.633. The lowest BCUT2D eigenvalue weighted by atomic mass is 10.0. The van der Waals surface area contributed by atoms with E-state index in [1.165, 1.54) is 5.69 Å². The van der Waals surface area contributed by atoms with Crippen LogP contribution in [0, 0.1) is 12.8 Å². The SMILES string of the molecule is Cc1cc(CC(C)CNC(C)(C)C)n(C)n1. The van der Waals surface area contributed by atoms with Crippen LogP contribution in [0.4, 0.5) is 0 Å². The monoisotopic (exact) mass is 223 g/mol. The average Bonchev–Trinajstić information content (AvgIpc) is 2.41. The van der Waals surface area contributed by atoms with Gasteiger partial charge in [-0.3, -0.25) is 4.68 Å². The summed E-state index contributed by atoms with van der Waals surface area (Å²) in [7, 11) is 2.02. The van der Waals surface area contributed by atoms with E-state index in [1.54, 1.807) is 0 Å². The molecule has 1 aromatic rings. The predicted molar refractivity (Wildman–Crippen MR) is 68.6 cm³/mol. The lowest BCUT2D eigenvalue weighted by Crippen LogP contribution is -2.39. The first-order valence-electron chi connectivity index (χ1n) is 6.02. The summed E-state index contributed by atoms with van der Waals surface area (Å²) in [5, 5.41) is 7.91. The van der Waals surface area contributed by atoms with Crippen LogP contribution in [0.1, 0.15) is 39.1 Å². The van der Waals surface area contributed by atoms with Gasteiger partial charge in [0.1, 0.15) is 0 Å². The third-order valence-corrected chi connectivity index (χ3v) is 2.64. The van der Waals surface area contributed by atoms with E-state index in [9.17, 15) is 0 Å². The zero-order valence-electron chi connectivity index (χ0n) is 11.5. The topological polar surface area (TPSA) is 29.9 Å². The smallest absolute Gasteiger partial charge is 0.0596 e. The maximum absolute atomic E-state index is 4.37. The molecule has 0 radical (unpaired) electrons. The molecule has 0 bridgehead atoms. The van der Waals surface area contributed by atoms with Gasteiger partial charge in [-0.05, 0) is 52.6 Å². The number of aromatic nitrogens is 2. The van der Waals surface area contributed by atoms with Gasteiger partial charge in [0.05, 0.1) is 5.69 Å². The van der Waals surface area contributed by atoms with Crippen LogP contribution in [0.2, 0.25) is 0 Å². The Balaban J connectivity index is 2.45. The third-order valence-electron chi connectivity index (χ3n) is 2.64. The molecule has 1 unspecified atom stereocenters. The molecule has 3 heteroatoms. The van der Waals surface area contributed by atoms with Crippen molar-refractivity contribution < 1.29 is 0 Å². The van der Waals surface area contributed by atoms with E-state index in [0.717, 1.165) is 18.7 Å². The van der Waals surface area contributed by atoms with Gasteiger partial charge < -0.3 is 5.32 Å². The fourth-order valence-corrected chi connectivity index (χ4v) is 1.76. The summed E-state index contributed by atoms with van der Waals surface area (Å²) in [4.78, 5) is 0. The summed E-state index contributed by atoms with van der Waals surface area (Å²) in [6.07, 6.45) is 1.08. The summed E-state index contributed by atoms with van der Waals surface area (Å²) in [6.45, 7) is 12.0. The van der Waals surface area contributed by atoms with E-state index >= 15 is 0 Å². The Hall–Kier alpha value is -0.830. The van der Waals surface area contributed by atoms with Crippen molar-refractivity contribution in [1.29, 1.82) is 0 Å². The Labute approximate surface area is 99.2 Å². The summed E-state index contributed by atoms with van der Waals surface area (Å²) in [6, 6.07) is 2.17. The van der Waals surface area contributed by atoms with Crippen molar-refractivity contribution >= 4 is 0 Å². The number of rotatable bonds is 4. The summed E-state index contributed by atoms with van der Waals surface area (Å²) < 4.78 is 1.99. The van der Waals surface area contributed by atoms with Gasteiger partial charge in [0.15, 0.2) is 0 Å². The van der Waals surface area contributed by atoms with Crippen molar-refractivity contribution in [3.63, 3.8) is 0 Å². The van der Waals surface area contributed by atoms with Gasteiger partial charge in [0.2, 0.25) is 0 Å². The van der Waals surface area contributed by atoms with Crippen LogP contribution in [-0.4, -0.2) is 21.9 Å². The van der Waals surface area contributed by atoms with Crippen molar-refractivity contribution in [2.75, 3.05) is 6.54 Å². The zero-order chi connectivity index (χ0) is 12.3. The van der Waals surface area contributed by atoms with Gasteiger partial charge >= 0.3 is 0 Å². The normalized spacial score (nSPS) is 14.1. The highest BCUT2D eigenvalue weighted by Crippen LogP contribution is 2.10. The summed E-state index contributed by atoms with van der Waals surface area (Å²) >= 11 is 0. The first-order chi connectivity index (χ1) is 7.28. The van der Waals surface area contributed by atoms with Crippen LogP contribution in [0.3, 0.4) is 0 Å². The van der Waals surface area contributed by atoms with E-state index in [0.29, 0.717) is 5.92 Å². The van der Waals surface area contributed by atoms with Gasteiger partial charge in [0, 0.05) is 18.3 Å². The quantitative estimate of drug-likeness (QED) is 0.849. The predicted octanol–water partition coefficient (Wildman–Crippen LogP) is 2.30. The van der Waals surface area contributed by atoms with E-state index in [1.807, 2.05) is 18.7 Å². The first kappa shape index (κ1) is 13.2. The van der Waals surface area contributed by atoms with Gasteiger partial charge in [-0.2, -0.15) is 5.10 Å². The molecule has 1 heterocycles. The maximum Gasteiger partial charge on any atom is 0.0596 e. The highest BCUT2D eigenvalue weighted by atomic mass is 15.3. The molecular formula is C13H25N3. The van der Waals surface area contributed by atoms with Crippen LogP contribution < -0.4 is 5.32 Å². The van der Waals surface area contributed by atoms with Gasteiger partial charge in [0.25, 0.3) is 0 Å². The van der Waals surface area contributed by atoms with Gasteiger partial charge in [-0.15, -0.1) is 0 Å². The minimum Gasteiger partial charge on any atom is -0.312 e. The molecule has 0 aromatic carbocycles. The van der Waals surface area contributed by atoms with Crippen molar-refractivity contribution in [3.05, 3.63) is 17.5 Å². The fraction of sp³-hybridized carbons (Fsp3) is 0.769. The molecule has 1 aromatic heterocycles. The van der Waals surface area contributed by atoms with Crippen LogP contribution in [-0.2, 0) is 13.5 Å². The number of hydrogen-bond donors (Lipinski definition) is 1. The van der Waals surface area contributed by atoms with E-state index in [-0.39, 0.29) is 5.54 Å². The average molecular weight is 223 g/mol. The van der Waals surface area contributed by atoms with Crippen LogP contribution in [0.15, 0.2) is 6.07 Å². The van der Waals surface area contributed by atoms with Crippen molar-refractivity contribution in [2.24, 2.45) is 13.0 Å². The lowest BCUT2D eigenvalue weighted by molar-refractivity contribution is 0.378. The molecule has 1 N–H and O–H groups in total. The highest BCUT2D eigenvalue weighted by Gasteiger charge is 2.12. The minimum absolute atomic E-state index is 0.205. The number of nitrogens with zero attached hydrogens (tertiary/aromatic N) is 2.